The van der Waals surface area contributed by atoms with E-state index in [1.165, 1.54) is 19.1 Å². The maximum absolute atomic E-state index is 12.9. The Labute approximate surface area is 252 Å². The molecular weight excluding hydrogens is 593 g/mol. The summed E-state index contributed by atoms with van der Waals surface area (Å²) in [5.74, 6) is -5.98. The van der Waals surface area contributed by atoms with Gasteiger partial charge in [-0.1, -0.05) is 73.4 Å². The SMILES string of the molecule is CC(C)[C@H](NC(=O)OCc1ccccc1)C(=O)N[C@@H](C)C(=O)N[C@@H](CC(=O)O)C(=O)C(=O)COc1c(Cl)cccc1Cl. The summed E-state index contributed by atoms with van der Waals surface area (Å²) in [4.78, 5) is 74.5. The van der Waals surface area contributed by atoms with Crippen molar-refractivity contribution < 1.29 is 43.3 Å². The van der Waals surface area contributed by atoms with Gasteiger partial charge in [-0.15, -0.1) is 0 Å². The topological polar surface area (TPSA) is 177 Å². The molecular formula is C28H31Cl2N3O9. The zero-order chi connectivity index (χ0) is 31.4. The molecule has 0 unspecified atom stereocenters. The molecule has 0 saturated heterocycles. The molecule has 0 saturated carbocycles. The second kappa shape index (κ2) is 16.3. The normalized spacial score (nSPS) is 12.8. The number of ketones is 2. The maximum atomic E-state index is 12.9. The summed E-state index contributed by atoms with van der Waals surface area (Å²) in [7, 11) is 0. The van der Waals surface area contributed by atoms with Crippen LogP contribution in [0.3, 0.4) is 0 Å². The first kappa shape index (κ1) is 34.0. The number of rotatable bonds is 15. The fourth-order valence-corrected chi connectivity index (χ4v) is 4.01. The third-order valence-corrected chi connectivity index (χ3v) is 6.34. The van der Waals surface area contributed by atoms with Crippen LogP contribution in [0.1, 0.15) is 32.8 Å². The Bertz CT molecular complexity index is 1280. The van der Waals surface area contributed by atoms with Gasteiger partial charge in [0.05, 0.1) is 16.5 Å². The maximum Gasteiger partial charge on any atom is 0.408 e. The zero-order valence-electron chi connectivity index (χ0n) is 23.0. The molecule has 42 heavy (non-hydrogen) atoms. The fourth-order valence-electron chi connectivity index (χ4n) is 3.50. The third-order valence-electron chi connectivity index (χ3n) is 5.74. The second-order valence-electron chi connectivity index (χ2n) is 9.44. The third kappa shape index (κ3) is 10.7. The highest BCUT2D eigenvalue weighted by molar-refractivity contribution is 6.40. The molecule has 0 spiro atoms. The average molecular weight is 624 g/mol. The van der Waals surface area contributed by atoms with Crippen molar-refractivity contribution in [3.63, 3.8) is 0 Å². The highest BCUT2D eigenvalue weighted by atomic mass is 35.5. The number of amides is 3. The van der Waals surface area contributed by atoms with Crippen LogP contribution in [0.2, 0.25) is 10.0 Å². The zero-order valence-corrected chi connectivity index (χ0v) is 24.5. The number of Topliss-reactive ketones (excluding diaryl/α,β-unsaturated/α-hetero) is 2. The summed E-state index contributed by atoms with van der Waals surface area (Å²) in [5.41, 5.74) is 0.742. The minimum Gasteiger partial charge on any atom is -0.482 e. The van der Waals surface area contributed by atoms with Crippen molar-refractivity contribution in [3.8, 4) is 5.75 Å². The molecule has 3 amide bonds. The minimum absolute atomic E-state index is 0.0217. The summed E-state index contributed by atoms with van der Waals surface area (Å²) in [5, 5.41) is 16.4. The van der Waals surface area contributed by atoms with Gasteiger partial charge >= 0.3 is 12.1 Å². The van der Waals surface area contributed by atoms with Crippen molar-refractivity contribution in [3.05, 3.63) is 64.1 Å². The predicted molar refractivity (Wildman–Crippen MR) is 152 cm³/mol. The molecule has 0 aliphatic heterocycles. The lowest BCUT2D eigenvalue weighted by atomic mass is 10.0. The number of para-hydroxylation sites is 1. The number of carbonyl (C=O) groups excluding carboxylic acids is 5. The molecule has 0 aromatic heterocycles. The lowest BCUT2D eigenvalue weighted by Crippen LogP contribution is -2.56. The average Bonchev–Trinajstić information content (AvgIpc) is 2.93. The van der Waals surface area contributed by atoms with Crippen LogP contribution in [0.25, 0.3) is 0 Å². The standard InChI is InChI=1S/C28H31Cl2N3O9/c1-15(2)23(33-28(40)42-13-17-8-5-4-6-9-17)27(39)31-16(3)26(38)32-20(12-22(35)36)24(37)21(34)14-41-25-18(29)10-7-11-19(25)30/h4-11,15-16,20,23H,12-14H2,1-3H3,(H,31,39)(H,32,38)(H,33,40)(H,35,36)/t16-,20-,23-/m0/s1. The second-order valence-corrected chi connectivity index (χ2v) is 10.3. The Morgan fingerprint density at radius 1 is 0.833 bits per heavy atom. The Balaban J connectivity index is 1.98. The molecule has 0 radical (unpaired) electrons. The molecule has 2 rings (SSSR count). The number of carboxylic acids is 1. The highest BCUT2D eigenvalue weighted by Crippen LogP contribution is 2.32. The van der Waals surface area contributed by atoms with E-state index in [1.54, 1.807) is 44.2 Å². The number of alkyl carbamates (subject to hydrolysis) is 1. The number of hydrogen-bond acceptors (Lipinski definition) is 8. The van der Waals surface area contributed by atoms with E-state index in [0.29, 0.717) is 0 Å². The molecule has 3 atom stereocenters. The van der Waals surface area contributed by atoms with E-state index in [2.05, 4.69) is 16.0 Å². The Hall–Kier alpha value is -4.16. The molecule has 0 aliphatic rings. The summed E-state index contributed by atoms with van der Waals surface area (Å²) in [6.45, 7) is 3.77. The van der Waals surface area contributed by atoms with Crippen LogP contribution in [0.4, 0.5) is 4.79 Å². The molecule has 2 aromatic carbocycles. The molecule has 12 nitrogen and oxygen atoms in total. The van der Waals surface area contributed by atoms with Crippen molar-refractivity contribution in [2.75, 3.05) is 6.61 Å². The number of nitrogens with one attached hydrogen (secondary N) is 3. The van der Waals surface area contributed by atoms with Crippen molar-refractivity contribution in [2.24, 2.45) is 5.92 Å². The Kier molecular flexibility index (Phi) is 13.2. The van der Waals surface area contributed by atoms with Crippen LogP contribution in [-0.2, 0) is 35.3 Å². The number of carboxylic acid groups (broad SMARTS) is 1. The van der Waals surface area contributed by atoms with Crippen LogP contribution in [0.15, 0.2) is 48.5 Å². The molecule has 2 aromatic rings. The van der Waals surface area contributed by atoms with Crippen LogP contribution in [-0.4, -0.2) is 65.3 Å². The molecule has 4 N–H and O–H groups in total. The van der Waals surface area contributed by atoms with Gasteiger partial charge in [-0.25, -0.2) is 4.79 Å². The monoisotopic (exact) mass is 623 g/mol. The summed E-state index contributed by atoms with van der Waals surface area (Å²) >= 11 is 11.9. The molecule has 0 aliphatic carbocycles. The molecule has 14 heteroatoms. The van der Waals surface area contributed by atoms with Crippen molar-refractivity contribution in [1.82, 2.24) is 16.0 Å². The van der Waals surface area contributed by atoms with Gasteiger partial charge < -0.3 is 30.5 Å². The van der Waals surface area contributed by atoms with Gasteiger partial charge in [-0.05, 0) is 30.5 Å². The number of hydrogen-bond donors (Lipinski definition) is 4. The summed E-state index contributed by atoms with van der Waals surface area (Å²) < 4.78 is 10.4. The van der Waals surface area contributed by atoms with E-state index in [-0.39, 0.29) is 22.4 Å². The quantitative estimate of drug-likeness (QED) is 0.217. The first-order valence-electron chi connectivity index (χ1n) is 12.7. The van der Waals surface area contributed by atoms with Crippen molar-refractivity contribution >= 4 is 58.6 Å². The minimum atomic E-state index is -1.75. The van der Waals surface area contributed by atoms with Gasteiger partial charge in [0.15, 0.2) is 12.4 Å². The number of halogens is 2. The van der Waals surface area contributed by atoms with E-state index in [9.17, 15) is 33.9 Å². The van der Waals surface area contributed by atoms with Gasteiger partial charge in [0.1, 0.15) is 24.7 Å². The summed E-state index contributed by atoms with van der Waals surface area (Å²) in [6, 6.07) is 9.22. The lowest BCUT2D eigenvalue weighted by Gasteiger charge is -2.24. The number of aliphatic carboxylic acids is 1. The number of carbonyl (C=O) groups is 6. The molecule has 0 heterocycles. The van der Waals surface area contributed by atoms with Gasteiger partial charge in [0.25, 0.3) is 0 Å². The number of ether oxygens (including phenoxy) is 2. The van der Waals surface area contributed by atoms with Gasteiger partial charge in [-0.3, -0.25) is 24.0 Å². The van der Waals surface area contributed by atoms with Crippen LogP contribution < -0.4 is 20.7 Å². The highest BCUT2D eigenvalue weighted by Gasteiger charge is 2.32. The van der Waals surface area contributed by atoms with Crippen LogP contribution >= 0.6 is 23.2 Å². The van der Waals surface area contributed by atoms with Gasteiger partial charge in [-0.2, -0.15) is 0 Å². The Morgan fingerprint density at radius 2 is 1.45 bits per heavy atom. The fraction of sp³-hybridized carbons (Fsp3) is 0.357. The van der Waals surface area contributed by atoms with Crippen molar-refractivity contribution in [2.45, 2.75) is 51.9 Å². The van der Waals surface area contributed by atoms with E-state index < -0.39 is 72.5 Å². The molecule has 226 valence electrons. The van der Waals surface area contributed by atoms with Gasteiger partial charge in [0, 0.05) is 0 Å². The van der Waals surface area contributed by atoms with E-state index in [1.807, 2.05) is 6.07 Å². The van der Waals surface area contributed by atoms with E-state index >= 15 is 0 Å². The first-order valence-corrected chi connectivity index (χ1v) is 13.5. The predicted octanol–water partition coefficient (Wildman–Crippen LogP) is 2.93. The van der Waals surface area contributed by atoms with Crippen molar-refractivity contribution in [1.29, 1.82) is 0 Å². The number of benzene rings is 2. The molecule has 0 bridgehead atoms. The largest absolute Gasteiger partial charge is 0.482 e. The van der Waals surface area contributed by atoms with E-state index in [0.717, 1.165) is 5.56 Å². The first-order chi connectivity index (χ1) is 19.8. The van der Waals surface area contributed by atoms with Gasteiger partial charge in [0.2, 0.25) is 23.4 Å². The van der Waals surface area contributed by atoms with Crippen LogP contribution in [0, 0.1) is 5.92 Å². The van der Waals surface area contributed by atoms with E-state index in [4.69, 9.17) is 32.7 Å². The Morgan fingerprint density at radius 3 is 2.02 bits per heavy atom. The van der Waals surface area contributed by atoms with Crippen LogP contribution in [0.5, 0.6) is 5.75 Å². The summed E-state index contributed by atoms with van der Waals surface area (Å²) in [6.07, 6.45) is -1.76. The smallest absolute Gasteiger partial charge is 0.408 e. The lowest BCUT2D eigenvalue weighted by molar-refractivity contribution is -0.144. The molecule has 0 fully saturated rings.